The summed E-state index contributed by atoms with van der Waals surface area (Å²) in [5.41, 5.74) is 0. The van der Waals surface area contributed by atoms with E-state index in [9.17, 15) is 16.8 Å². The fourth-order valence-electron chi connectivity index (χ4n) is 2.72. The Labute approximate surface area is 121 Å². The van der Waals surface area contributed by atoms with Crippen molar-refractivity contribution < 1.29 is 16.8 Å². The highest BCUT2D eigenvalue weighted by molar-refractivity contribution is 7.91. The van der Waals surface area contributed by atoms with Crippen LogP contribution < -0.4 is 5.32 Å². The summed E-state index contributed by atoms with van der Waals surface area (Å²) in [6.07, 6.45) is 1.71. The monoisotopic (exact) mass is 325 g/mol. The van der Waals surface area contributed by atoms with Gasteiger partial charge in [0.1, 0.15) is 0 Å². The minimum atomic E-state index is -3.49. The maximum Gasteiger partial charge on any atom is 0.282 e. The predicted molar refractivity (Wildman–Crippen MR) is 77.4 cm³/mol. The third-order valence-electron chi connectivity index (χ3n) is 4.02. The van der Waals surface area contributed by atoms with Crippen LogP contribution in [0.15, 0.2) is 0 Å². The molecular weight excluding hydrogens is 302 g/mol. The highest BCUT2D eigenvalue weighted by atomic mass is 32.2. The average Bonchev–Trinajstić information content (AvgIpc) is 2.39. The molecule has 0 bridgehead atoms. The Morgan fingerprint density at radius 2 is 1.55 bits per heavy atom. The van der Waals surface area contributed by atoms with Crippen LogP contribution in [-0.4, -0.2) is 76.7 Å². The van der Waals surface area contributed by atoms with Crippen molar-refractivity contribution >= 4 is 20.0 Å². The molecule has 2 aliphatic heterocycles. The van der Waals surface area contributed by atoms with E-state index in [0.29, 0.717) is 19.0 Å². The maximum atomic E-state index is 12.5. The highest BCUT2D eigenvalue weighted by Gasteiger charge is 2.35. The minimum Gasteiger partial charge on any atom is -0.319 e. The van der Waals surface area contributed by atoms with Crippen molar-refractivity contribution in [2.75, 3.05) is 51.3 Å². The molecule has 20 heavy (non-hydrogen) atoms. The SMILES string of the molecule is CNCC1CCN(S(=O)(=O)N2CCS(=O)(=O)CC2)CC1. The van der Waals surface area contributed by atoms with Crippen LogP contribution in [0.3, 0.4) is 0 Å². The van der Waals surface area contributed by atoms with Gasteiger partial charge in [0.05, 0.1) is 11.5 Å². The van der Waals surface area contributed by atoms with Crippen LogP contribution in [0.25, 0.3) is 0 Å². The molecule has 0 unspecified atom stereocenters. The van der Waals surface area contributed by atoms with Gasteiger partial charge < -0.3 is 5.32 Å². The van der Waals surface area contributed by atoms with Crippen LogP contribution in [0, 0.1) is 5.92 Å². The van der Waals surface area contributed by atoms with Crippen molar-refractivity contribution in [2.45, 2.75) is 12.8 Å². The third-order valence-corrected chi connectivity index (χ3v) is 7.67. The van der Waals surface area contributed by atoms with Crippen LogP contribution in [0.1, 0.15) is 12.8 Å². The summed E-state index contributed by atoms with van der Waals surface area (Å²) in [7, 11) is -4.65. The second-order valence-corrected chi connectivity index (χ2v) is 9.69. The van der Waals surface area contributed by atoms with E-state index >= 15 is 0 Å². The Bertz CT molecular complexity index is 510. The van der Waals surface area contributed by atoms with Crippen molar-refractivity contribution in [3.05, 3.63) is 0 Å². The van der Waals surface area contributed by atoms with E-state index < -0.39 is 20.0 Å². The van der Waals surface area contributed by atoms with Gasteiger partial charge in [-0.1, -0.05) is 0 Å². The van der Waals surface area contributed by atoms with Gasteiger partial charge in [-0.2, -0.15) is 17.0 Å². The smallest absolute Gasteiger partial charge is 0.282 e. The van der Waals surface area contributed by atoms with Gasteiger partial charge in [-0.05, 0) is 32.4 Å². The number of hydrogen-bond acceptors (Lipinski definition) is 5. The molecule has 0 aromatic carbocycles. The zero-order valence-corrected chi connectivity index (χ0v) is 13.4. The topological polar surface area (TPSA) is 86.8 Å². The van der Waals surface area contributed by atoms with Gasteiger partial charge in [0.2, 0.25) is 0 Å². The molecule has 0 atom stereocenters. The summed E-state index contributed by atoms with van der Waals surface area (Å²) < 4.78 is 50.5. The molecule has 0 aromatic rings. The highest BCUT2D eigenvalue weighted by Crippen LogP contribution is 2.21. The molecule has 1 N–H and O–H groups in total. The Hall–Kier alpha value is -0.220. The summed E-state index contributed by atoms with van der Waals surface area (Å²) in [4.78, 5) is 0. The first-order chi connectivity index (χ1) is 9.35. The minimum absolute atomic E-state index is 0.0670. The summed E-state index contributed by atoms with van der Waals surface area (Å²) in [6, 6.07) is 0. The lowest BCUT2D eigenvalue weighted by molar-refractivity contribution is 0.253. The zero-order chi connectivity index (χ0) is 14.8. The molecule has 2 fully saturated rings. The molecule has 2 rings (SSSR count). The van der Waals surface area contributed by atoms with Crippen LogP contribution in [0.4, 0.5) is 0 Å². The Morgan fingerprint density at radius 1 is 1.05 bits per heavy atom. The van der Waals surface area contributed by atoms with Gasteiger partial charge in [-0.25, -0.2) is 8.42 Å². The maximum absolute atomic E-state index is 12.5. The molecule has 7 nitrogen and oxygen atoms in total. The Morgan fingerprint density at radius 3 is 2.05 bits per heavy atom. The van der Waals surface area contributed by atoms with E-state index in [-0.39, 0.29) is 24.6 Å². The van der Waals surface area contributed by atoms with Crippen LogP contribution in [0.2, 0.25) is 0 Å². The molecule has 0 spiro atoms. The number of nitrogens with one attached hydrogen (secondary N) is 1. The largest absolute Gasteiger partial charge is 0.319 e. The van der Waals surface area contributed by atoms with E-state index in [4.69, 9.17) is 0 Å². The second kappa shape index (κ2) is 6.27. The summed E-state index contributed by atoms with van der Waals surface area (Å²) in [6.45, 7) is 2.13. The van der Waals surface area contributed by atoms with E-state index in [2.05, 4.69) is 5.32 Å². The van der Waals surface area contributed by atoms with Crippen LogP contribution >= 0.6 is 0 Å². The lowest BCUT2D eigenvalue weighted by Crippen LogP contribution is -2.52. The Balaban J connectivity index is 1.95. The molecule has 2 saturated heterocycles. The lowest BCUT2D eigenvalue weighted by atomic mass is 9.98. The van der Waals surface area contributed by atoms with Crippen LogP contribution in [-0.2, 0) is 20.0 Å². The summed E-state index contributed by atoms with van der Waals surface area (Å²) in [5, 5.41) is 3.12. The molecule has 2 heterocycles. The molecular formula is C11H23N3O4S2. The van der Waals surface area contributed by atoms with Crippen molar-refractivity contribution in [2.24, 2.45) is 5.92 Å². The summed E-state index contributed by atoms with van der Waals surface area (Å²) >= 11 is 0. The molecule has 118 valence electrons. The zero-order valence-electron chi connectivity index (χ0n) is 11.8. The van der Waals surface area contributed by atoms with Gasteiger partial charge in [0.25, 0.3) is 10.2 Å². The molecule has 0 saturated carbocycles. The molecule has 0 amide bonds. The standard InChI is InChI=1S/C11H23N3O4S2/c1-12-10-11-2-4-13(5-3-11)20(17,18)14-6-8-19(15,16)9-7-14/h11-12H,2-10H2,1H3. The normalized spacial score (nSPS) is 26.6. The second-order valence-electron chi connectivity index (χ2n) is 5.46. The molecule has 0 aliphatic carbocycles. The van der Waals surface area contributed by atoms with Crippen molar-refractivity contribution in [1.82, 2.24) is 13.9 Å². The lowest BCUT2D eigenvalue weighted by Gasteiger charge is -2.36. The quantitative estimate of drug-likeness (QED) is 0.708. The van der Waals surface area contributed by atoms with Gasteiger partial charge in [0.15, 0.2) is 9.84 Å². The van der Waals surface area contributed by atoms with Gasteiger partial charge in [-0.15, -0.1) is 0 Å². The summed E-state index contributed by atoms with van der Waals surface area (Å²) in [5.74, 6) is 0.387. The van der Waals surface area contributed by atoms with E-state index in [1.165, 1.54) is 8.61 Å². The van der Waals surface area contributed by atoms with Crippen molar-refractivity contribution in [3.8, 4) is 0 Å². The number of piperidine rings is 1. The predicted octanol–water partition coefficient (Wildman–Crippen LogP) is -1.11. The van der Waals surface area contributed by atoms with Gasteiger partial charge >= 0.3 is 0 Å². The van der Waals surface area contributed by atoms with Crippen molar-refractivity contribution in [3.63, 3.8) is 0 Å². The van der Waals surface area contributed by atoms with E-state index in [1.54, 1.807) is 0 Å². The average molecular weight is 325 g/mol. The third kappa shape index (κ3) is 3.70. The first-order valence-corrected chi connectivity index (χ1v) is 10.2. The fourth-order valence-corrected chi connectivity index (χ4v) is 5.80. The molecule has 2 aliphatic rings. The van der Waals surface area contributed by atoms with E-state index in [0.717, 1.165) is 19.4 Å². The number of sulfone groups is 1. The first kappa shape index (κ1) is 16.2. The molecule has 9 heteroatoms. The Kier molecular flexibility index (Phi) is 5.06. The van der Waals surface area contributed by atoms with Gasteiger partial charge in [-0.3, -0.25) is 0 Å². The van der Waals surface area contributed by atoms with Crippen LogP contribution in [0.5, 0.6) is 0 Å². The molecule has 0 radical (unpaired) electrons. The molecule has 0 aromatic heterocycles. The number of nitrogens with zero attached hydrogens (tertiary/aromatic N) is 2. The fraction of sp³-hybridized carbons (Fsp3) is 1.00. The van der Waals surface area contributed by atoms with E-state index in [1.807, 2.05) is 7.05 Å². The number of hydrogen-bond donors (Lipinski definition) is 1. The number of rotatable bonds is 4. The van der Waals surface area contributed by atoms with Crippen molar-refractivity contribution in [1.29, 1.82) is 0 Å². The first-order valence-electron chi connectivity index (χ1n) is 6.95. The van der Waals surface area contributed by atoms with Gasteiger partial charge in [0, 0.05) is 26.2 Å².